The van der Waals surface area contributed by atoms with Crippen molar-refractivity contribution in [3.8, 4) is 5.75 Å². The van der Waals surface area contributed by atoms with Crippen LogP contribution in [0.3, 0.4) is 0 Å². The van der Waals surface area contributed by atoms with Crippen LogP contribution in [0.2, 0.25) is 0 Å². The molecular weight excluding hydrogens is 873 g/mol. The first-order chi connectivity index (χ1) is 31.9. The lowest BCUT2D eigenvalue weighted by atomic mass is 10.00. The Labute approximate surface area is 386 Å². The Bertz CT molecular complexity index is 2180. The van der Waals surface area contributed by atoms with Gasteiger partial charge < -0.3 is 73.6 Å². The van der Waals surface area contributed by atoms with Crippen LogP contribution < -0.4 is 43.4 Å². The second kappa shape index (κ2) is 26.1. The summed E-state index contributed by atoms with van der Waals surface area (Å²) >= 11 is 0. The summed E-state index contributed by atoms with van der Waals surface area (Å²) in [5.41, 5.74) is 13.8. The number of carbonyl (C=O) groups is 7. The number of nitrogens with zero attached hydrogens (tertiary/aromatic N) is 3. The van der Waals surface area contributed by atoms with E-state index in [0.29, 0.717) is 35.5 Å². The summed E-state index contributed by atoms with van der Waals surface area (Å²) in [5, 5.41) is 45.2. The highest BCUT2D eigenvalue weighted by Crippen LogP contribution is 2.14. The molecule has 0 saturated heterocycles. The molecule has 0 aliphatic heterocycles. The van der Waals surface area contributed by atoms with Gasteiger partial charge in [0.2, 0.25) is 35.4 Å². The summed E-state index contributed by atoms with van der Waals surface area (Å²) in [5.74, 6) is -6.42. The fourth-order valence-electron chi connectivity index (χ4n) is 6.93. The number of unbranched alkanes of at least 4 members (excludes halogenated alkanes) is 1. The molecule has 16 N–H and O–H groups in total. The van der Waals surface area contributed by atoms with Gasteiger partial charge in [0.15, 0.2) is 6.04 Å². The largest absolute Gasteiger partial charge is 0.508 e. The van der Waals surface area contributed by atoms with Gasteiger partial charge >= 0.3 is 5.97 Å². The van der Waals surface area contributed by atoms with Gasteiger partial charge in [-0.15, -0.1) is 0 Å². The van der Waals surface area contributed by atoms with Crippen molar-refractivity contribution in [3.63, 3.8) is 0 Å². The van der Waals surface area contributed by atoms with Gasteiger partial charge in [-0.05, 0) is 62.8 Å². The number of carboxylic acids is 1. The number of amides is 6. The number of aliphatic carboxylic acids is 1. The molecule has 0 fully saturated rings. The van der Waals surface area contributed by atoms with Crippen molar-refractivity contribution < 1.29 is 48.9 Å². The molecule has 364 valence electrons. The average molecular weight is 935 g/mol. The standard InChI is InChI=1S/C43H62N14O10/c1-23(2)12-32(53-37(60)30(45)14-26-17-46-20-49-26)39(62)54-33(13-25-7-9-29(59)10-8-25)40(63)55-35(16-28-19-48-22-51-28)42(65)56-34(15-27-18-47-21-50-27)41(64)52-31(6-4-5-11-44)38(61)57-36(24(3)58)43(66)67/h7-10,17-24,30-36,58-59H,4-6,11-16,44-45H2,1-3H3,(H,46,49)(H,47,50)(H,48,51)(H,52,64)(H,53,60)(H,54,62)(H,55,63)(H,56,65)(H,57,61)(H,66,67)/t24-,30+,31+,32+,33+,34+,35+,36+/m1/s1. The lowest BCUT2D eigenvalue weighted by Crippen LogP contribution is -2.61. The van der Waals surface area contributed by atoms with Gasteiger partial charge in [-0.25, -0.2) is 19.7 Å². The van der Waals surface area contributed by atoms with E-state index in [1.54, 1.807) is 12.1 Å². The molecule has 0 unspecified atom stereocenters. The molecule has 0 spiro atoms. The fourth-order valence-corrected chi connectivity index (χ4v) is 6.93. The number of phenols is 1. The number of hydrogen-bond acceptors (Lipinski definition) is 14. The number of hydrogen-bond donors (Lipinski definition) is 14. The van der Waals surface area contributed by atoms with Gasteiger partial charge in [-0.1, -0.05) is 26.0 Å². The Kier molecular flexibility index (Phi) is 20.4. The number of carbonyl (C=O) groups excluding carboxylic acids is 6. The van der Waals surface area contributed by atoms with Crippen molar-refractivity contribution in [2.45, 2.75) is 121 Å². The molecule has 0 radical (unpaired) electrons. The molecule has 3 heterocycles. The summed E-state index contributed by atoms with van der Waals surface area (Å²) in [4.78, 5) is 116. The molecule has 0 saturated carbocycles. The number of rotatable bonds is 28. The summed E-state index contributed by atoms with van der Waals surface area (Å²) in [6.07, 6.45) is 7.67. The minimum Gasteiger partial charge on any atom is -0.508 e. The smallest absolute Gasteiger partial charge is 0.328 e. The van der Waals surface area contributed by atoms with Gasteiger partial charge in [0, 0.05) is 61.4 Å². The Morgan fingerprint density at radius 2 is 1.03 bits per heavy atom. The van der Waals surface area contributed by atoms with E-state index in [0.717, 1.165) is 0 Å². The third kappa shape index (κ3) is 17.3. The first kappa shape index (κ1) is 52.4. The monoisotopic (exact) mass is 934 g/mol. The van der Waals surface area contributed by atoms with E-state index in [9.17, 15) is 48.9 Å². The molecule has 4 aromatic rings. The highest BCUT2D eigenvalue weighted by Gasteiger charge is 2.35. The van der Waals surface area contributed by atoms with Gasteiger partial charge in [0.25, 0.3) is 0 Å². The first-order valence-electron chi connectivity index (χ1n) is 21.8. The fraction of sp³-hybridized carbons (Fsp3) is 0.488. The topological polar surface area (TPSA) is 390 Å². The van der Waals surface area contributed by atoms with Gasteiger partial charge in [0.1, 0.15) is 36.0 Å². The maximum atomic E-state index is 14.4. The van der Waals surface area contributed by atoms with Crippen molar-refractivity contribution in [1.82, 2.24) is 61.8 Å². The van der Waals surface area contributed by atoms with E-state index in [1.807, 2.05) is 13.8 Å². The number of aromatic amines is 3. The maximum Gasteiger partial charge on any atom is 0.328 e. The zero-order valence-corrected chi connectivity index (χ0v) is 37.5. The van der Waals surface area contributed by atoms with Crippen LogP contribution in [0, 0.1) is 5.92 Å². The number of imidazole rings is 3. The summed E-state index contributed by atoms with van der Waals surface area (Å²) in [7, 11) is 0. The molecule has 24 heteroatoms. The third-order valence-electron chi connectivity index (χ3n) is 10.5. The van der Waals surface area contributed by atoms with Crippen LogP contribution in [0.25, 0.3) is 0 Å². The molecule has 1 aromatic carbocycles. The molecule has 67 heavy (non-hydrogen) atoms. The molecule has 3 aromatic heterocycles. The predicted octanol–water partition coefficient (Wildman–Crippen LogP) is -2.29. The maximum absolute atomic E-state index is 14.4. The van der Waals surface area contributed by atoms with Gasteiger partial charge in [-0.3, -0.25) is 28.8 Å². The highest BCUT2D eigenvalue weighted by molar-refractivity contribution is 5.97. The second-order valence-corrected chi connectivity index (χ2v) is 16.6. The molecule has 24 nitrogen and oxygen atoms in total. The predicted molar refractivity (Wildman–Crippen MR) is 240 cm³/mol. The first-order valence-corrected chi connectivity index (χ1v) is 21.8. The number of phenolic OH excluding ortho intramolecular Hbond substituents is 1. The van der Waals surface area contributed by atoms with E-state index in [1.165, 1.54) is 56.6 Å². The summed E-state index contributed by atoms with van der Waals surface area (Å²) in [6, 6.07) is -3.50. The minimum atomic E-state index is -1.69. The number of aliphatic hydroxyl groups is 1. The van der Waals surface area contributed by atoms with Crippen LogP contribution in [0.1, 0.15) is 69.1 Å². The van der Waals surface area contributed by atoms with E-state index >= 15 is 0 Å². The molecule has 0 aliphatic rings. The lowest BCUT2D eigenvalue weighted by molar-refractivity contribution is -0.145. The van der Waals surface area contributed by atoms with Gasteiger partial charge in [-0.2, -0.15) is 0 Å². The van der Waals surface area contributed by atoms with Crippen molar-refractivity contribution in [1.29, 1.82) is 0 Å². The van der Waals surface area contributed by atoms with E-state index in [-0.39, 0.29) is 56.7 Å². The Morgan fingerprint density at radius 3 is 1.46 bits per heavy atom. The number of H-pyrrole nitrogens is 3. The number of aromatic nitrogens is 6. The molecule has 0 bridgehead atoms. The van der Waals surface area contributed by atoms with Crippen molar-refractivity contribution in [2.75, 3.05) is 6.54 Å². The molecule has 0 aliphatic carbocycles. The molecular formula is C43H62N14O10. The zero-order valence-electron chi connectivity index (χ0n) is 37.5. The zero-order chi connectivity index (χ0) is 49.0. The van der Waals surface area contributed by atoms with E-state index < -0.39 is 89.8 Å². The van der Waals surface area contributed by atoms with Crippen molar-refractivity contribution in [2.24, 2.45) is 17.4 Å². The summed E-state index contributed by atoms with van der Waals surface area (Å²) in [6.45, 7) is 5.15. The van der Waals surface area contributed by atoms with Gasteiger partial charge in [0.05, 0.1) is 31.1 Å². The van der Waals surface area contributed by atoms with Crippen molar-refractivity contribution in [3.05, 3.63) is 84.5 Å². The van der Waals surface area contributed by atoms with E-state index in [2.05, 4.69) is 61.8 Å². The minimum absolute atomic E-state index is 0.0258. The SMILES string of the molecule is CC(C)C[C@H](NC(=O)[C@@H](N)Cc1cnc[nH]1)C(=O)N[C@@H](Cc1ccc(O)cc1)C(=O)N[C@@H](Cc1cnc[nH]1)C(=O)N[C@@H](Cc1cnc[nH]1)C(=O)N[C@@H](CCCCN)C(=O)N[C@H](C(=O)O)[C@@H](C)O. The normalized spacial score (nSPS) is 14.9. The second-order valence-electron chi connectivity index (χ2n) is 16.6. The Balaban J connectivity index is 1.62. The third-order valence-corrected chi connectivity index (χ3v) is 10.5. The number of nitrogens with one attached hydrogen (secondary N) is 9. The van der Waals surface area contributed by atoms with Crippen LogP contribution in [0.4, 0.5) is 0 Å². The quantitative estimate of drug-likeness (QED) is 0.0267. The number of aliphatic hydroxyl groups excluding tert-OH is 1. The van der Waals surface area contributed by atoms with Crippen LogP contribution in [-0.2, 0) is 59.2 Å². The van der Waals surface area contributed by atoms with Crippen LogP contribution in [0.5, 0.6) is 5.75 Å². The number of nitrogens with two attached hydrogens (primary N) is 2. The van der Waals surface area contributed by atoms with Crippen LogP contribution in [0.15, 0.2) is 61.8 Å². The molecule has 6 amide bonds. The molecule has 4 rings (SSSR count). The highest BCUT2D eigenvalue weighted by atomic mass is 16.4. The number of benzene rings is 1. The molecule has 8 atom stereocenters. The average Bonchev–Trinajstić information content (AvgIpc) is 4.10. The van der Waals surface area contributed by atoms with E-state index in [4.69, 9.17) is 11.5 Å². The Morgan fingerprint density at radius 1 is 0.597 bits per heavy atom. The van der Waals surface area contributed by atoms with Crippen LogP contribution in [-0.4, -0.2) is 142 Å². The van der Waals surface area contributed by atoms with Crippen molar-refractivity contribution >= 4 is 41.4 Å². The number of aromatic hydroxyl groups is 1. The van der Waals surface area contributed by atoms with Crippen LogP contribution >= 0.6 is 0 Å². The summed E-state index contributed by atoms with van der Waals surface area (Å²) < 4.78 is 0. The number of carboxylic acid groups (broad SMARTS) is 1. The Hall–Kier alpha value is -7.18. The lowest BCUT2D eigenvalue weighted by Gasteiger charge is -2.28.